The van der Waals surface area contributed by atoms with E-state index in [1.807, 2.05) is 0 Å². The molecule has 0 fully saturated rings. The van der Waals surface area contributed by atoms with Crippen LogP contribution in [0.1, 0.15) is 20.8 Å². The average molecular weight is 315 g/mol. The fraction of sp³-hybridized carbons (Fsp3) is 0.273. The third-order valence-corrected chi connectivity index (χ3v) is 5.37. The van der Waals surface area contributed by atoms with E-state index >= 15 is 0 Å². The maximum absolute atomic E-state index is 12.3. The Morgan fingerprint density at radius 3 is 2.90 bits per heavy atom. The molecule has 0 spiro atoms. The lowest BCUT2D eigenvalue weighted by molar-refractivity contribution is 0.0602. The van der Waals surface area contributed by atoms with Crippen LogP contribution >= 0.6 is 11.3 Å². The first-order valence-electron chi connectivity index (χ1n) is 5.59. The van der Waals surface area contributed by atoms with E-state index in [0.29, 0.717) is 11.1 Å². The number of aromatic amines is 1. The molecule has 0 aliphatic rings. The number of carbonyl (C=O) groups excluding carboxylic acids is 1. The number of nitrogens with one attached hydrogen (secondary N) is 2. The van der Waals surface area contributed by atoms with Gasteiger partial charge in [0.25, 0.3) is 0 Å². The largest absolute Gasteiger partial charge is 0.465 e. The summed E-state index contributed by atoms with van der Waals surface area (Å²) < 4.78 is 31.7. The maximum Gasteiger partial charge on any atom is 0.349 e. The Morgan fingerprint density at radius 2 is 2.30 bits per heavy atom. The molecule has 2 aromatic rings. The Hall–Kier alpha value is -1.71. The van der Waals surface area contributed by atoms with Crippen molar-refractivity contribution in [2.45, 2.75) is 18.4 Å². The Balaban J connectivity index is 2.29. The zero-order valence-corrected chi connectivity index (χ0v) is 12.5. The molecule has 0 saturated heterocycles. The van der Waals surface area contributed by atoms with Crippen molar-refractivity contribution in [3.05, 3.63) is 33.8 Å². The summed E-state index contributed by atoms with van der Waals surface area (Å²) in [6, 6.07) is 0. The number of hydrogen-bond acceptors (Lipinski definition) is 6. The highest BCUT2D eigenvalue weighted by molar-refractivity contribution is 7.89. The predicted molar refractivity (Wildman–Crippen MR) is 73.0 cm³/mol. The lowest BCUT2D eigenvalue weighted by Crippen LogP contribution is -2.25. The molecule has 2 aromatic heterocycles. The fourth-order valence-corrected chi connectivity index (χ4v) is 4.35. The second-order valence-corrected chi connectivity index (χ2v) is 6.58. The van der Waals surface area contributed by atoms with Gasteiger partial charge in [-0.25, -0.2) is 17.9 Å². The third-order valence-electron chi connectivity index (χ3n) is 2.58. The lowest BCUT2D eigenvalue weighted by atomic mass is 10.3. The Kier molecular flexibility index (Phi) is 4.21. The summed E-state index contributed by atoms with van der Waals surface area (Å²) in [5, 5.41) is 7.93. The van der Waals surface area contributed by atoms with Gasteiger partial charge in [0.1, 0.15) is 9.77 Å². The monoisotopic (exact) mass is 315 g/mol. The van der Waals surface area contributed by atoms with Gasteiger partial charge in [0.2, 0.25) is 10.0 Å². The number of carbonyl (C=O) groups is 1. The van der Waals surface area contributed by atoms with Gasteiger partial charge in [-0.3, -0.25) is 5.10 Å². The third kappa shape index (κ3) is 2.89. The molecule has 0 aliphatic carbocycles. The van der Waals surface area contributed by atoms with Crippen LogP contribution in [0.25, 0.3) is 0 Å². The topological polar surface area (TPSA) is 101 Å². The molecular formula is C11H13N3O4S2. The number of sulfonamides is 1. The number of thiophene rings is 1. The summed E-state index contributed by atoms with van der Waals surface area (Å²) in [5.74, 6) is -0.660. The molecule has 0 aliphatic heterocycles. The van der Waals surface area contributed by atoms with Crippen LogP contribution < -0.4 is 4.72 Å². The first-order chi connectivity index (χ1) is 9.45. The van der Waals surface area contributed by atoms with Crippen molar-refractivity contribution >= 4 is 27.3 Å². The van der Waals surface area contributed by atoms with Gasteiger partial charge in [-0.15, -0.1) is 11.3 Å². The highest BCUT2D eigenvalue weighted by Crippen LogP contribution is 2.27. The second-order valence-electron chi connectivity index (χ2n) is 4.00. The number of aromatic nitrogens is 2. The van der Waals surface area contributed by atoms with E-state index < -0.39 is 16.0 Å². The zero-order valence-electron chi connectivity index (χ0n) is 10.8. The zero-order chi connectivity index (χ0) is 14.8. The van der Waals surface area contributed by atoms with Crippen molar-refractivity contribution in [3.8, 4) is 0 Å². The van der Waals surface area contributed by atoms with Gasteiger partial charge in [0.05, 0.1) is 13.3 Å². The van der Waals surface area contributed by atoms with Crippen LogP contribution in [0.5, 0.6) is 0 Å². The van der Waals surface area contributed by atoms with Crippen LogP contribution in [-0.2, 0) is 21.3 Å². The average Bonchev–Trinajstić information content (AvgIpc) is 3.04. The Morgan fingerprint density at radius 1 is 1.55 bits per heavy atom. The molecule has 0 bridgehead atoms. The highest BCUT2D eigenvalue weighted by atomic mass is 32.2. The number of ether oxygens (including phenoxy) is 1. The van der Waals surface area contributed by atoms with Crippen molar-refractivity contribution in [1.29, 1.82) is 0 Å². The van der Waals surface area contributed by atoms with E-state index in [-0.39, 0.29) is 16.3 Å². The van der Waals surface area contributed by atoms with Crippen LogP contribution in [0, 0.1) is 6.92 Å². The second kappa shape index (κ2) is 5.73. The molecule has 0 aromatic carbocycles. The van der Waals surface area contributed by atoms with Crippen molar-refractivity contribution in [3.63, 3.8) is 0 Å². The van der Waals surface area contributed by atoms with Gasteiger partial charge >= 0.3 is 5.97 Å². The van der Waals surface area contributed by atoms with Gasteiger partial charge in [0, 0.05) is 18.3 Å². The highest BCUT2D eigenvalue weighted by Gasteiger charge is 2.27. The van der Waals surface area contributed by atoms with Crippen LogP contribution in [0.4, 0.5) is 0 Å². The normalized spacial score (nSPS) is 11.5. The molecule has 20 heavy (non-hydrogen) atoms. The quantitative estimate of drug-likeness (QED) is 0.803. The predicted octanol–water partition coefficient (Wildman–Crippen LogP) is 1.04. The summed E-state index contributed by atoms with van der Waals surface area (Å²) in [5.41, 5.74) is 1.20. The van der Waals surface area contributed by atoms with E-state index in [1.54, 1.807) is 18.5 Å². The molecule has 2 N–H and O–H groups in total. The van der Waals surface area contributed by atoms with E-state index in [4.69, 9.17) is 0 Å². The molecule has 108 valence electrons. The van der Waals surface area contributed by atoms with E-state index in [0.717, 1.165) is 11.3 Å². The Labute approximate surface area is 120 Å². The minimum atomic E-state index is -3.79. The van der Waals surface area contributed by atoms with Crippen molar-refractivity contribution in [1.82, 2.24) is 14.9 Å². The number of nitrogens with zero attached hydrogens (tertiary/aromatic N) is 1. The van der Waals surface area contributed by atoms with Crippen molar-refractivity contribution < 1.29 is 17.9 Å². The number of methoxy groups -OCH3 is 1. The van der Waals surface area contributed by atoms with Crippen LogP contribution in [0.15, 0.2) is 22.7 Å². The minimum Gasteiger partial charge on any atom is -0.465 e. The van der Waals surface area contributed by atoms with Crippen LogP contribution in [-0.4, -0.2) is 31.7 Å². The van der Waals surface area contributed by atoms with Crippen molar-refractivity contribution in [2.24, 2.45) is 0 Å². The molecule has 0 unspecified atom stereocenters. The van der Waals surface area contributed by atoms with Gasteiger partial charge < -0.3 is 4.74 Å². The van der Waals surface area contributed by atoms with Gasteiger partial charge in [-0.2, -0.15) is 5.10 Å². The number of hydrogen-bond donors (Lipinski definition) is 2. The fourth-order valence-electron chi connectivity index (χ4n) is 1.63. The smallest absolute Gasteiger partial charge is 0.349 e. The lowest BCUT2D eigenvalue weighted by Gasteiger charge is -2.07. The molecular weight excluding hydrogens is 302 g/mol. The van der Waals surface area contributed by atoms with E-state index in [2.05, 4.69) is 19.7 Å². The first-order valence-corrected chi connectivity index (χ1v) is 7.95. The summed E-state index contributed by atoms with van der Waals surface area (Å²) in [6.45, 7) is 1.73. The summed E-state index contributed by atoms with van der Waals surface area (Å²) in [6.07, 6.45) is 3.11. The summed E-state index contributed by atoms with van der Waals surface area (Å²) in [4.78, 5) is 11.7. The minimum absolute atomic E-state index is 0.0298. The number of rotatable bonds is 5. The van der Waals surface area contributed by atoms with E-state index in [1.165, 1.54) is 13.3 Å². The molecule has 7 nitrogen and oxygen atoms in total. The molecule has 0 amide bonds. The summed E-state index contributed by atoms with van der Waals surface area (Å²) >= 11 is 1.05. The number of H-pyrrole nitrogens is 1. The molecule has 0 atom stereocenters. The maximum atomic E-state index is 12.3. The molecule has 2 heterocycles. The standard InChI is InChI=1S/C11H13N3O4S2/c1-7-6-19-9(11(15)18-2)10(7)20(16,17)14-5-8-3-12-13-4-8/h3-4,6,14H,5H2,1-2H3,(H,12,13). The van der Waals surface area contributed by atoms with Gasteiger partial charge in [0.15, 0.2) is 0 Å². The van der Waals surface area contributed by atoms with Gasteiger partial charge in [-0.05, 0) is 17.9 Å². The molecule has 0 saturated carbocycles. The molecule has 2 rings (SSSR count). The van der Waals surface area contributed by atoms with Crippen molar-refractivity contribution in [2.75, 3.05) is 7.11 Å². The number of esters is 1. The van der Waals surface area contributed by atoms with Gasteiger partial charge in [-0.1, -0.05) is 0 Å². The van der Waals surface area contributed by atoms with Crippen LogP contribution in [0.3, 0.4) is 0 Å². The number of aryl methyl sites for hydroxylation is 1. The molecule has 0 radical (unpaired) electrons. The first kappa shape index (κ1) is 14.7. The molecule has 9 heteroatoms. The Bertz CT molecular complexity index is 704. The van der Waals surface area contributed by atoms with Crippen LogP contribution in [0.2, 0.25) is 0 Å². The van der Waals surface area contributed by atoms with E-state index in [9.17, 15) is 13.2 Å². The SMILES string of the molecule is COC(=O)c1scc(C)c1S(=O)(=O)NCc1cn[nH]c1. The summed E-state index contributed by atoms with van der Waals surface area (Å²) in [7, 11) is -2.58.